The highest BCUT2D eigenvalue weighted by Crippen LogP contribution is 2.24. The summed E-state index contributed by atoms with van der Waals surface area (Å²) < 4.78 is 1.07. The van der Waals surface area contributed by atoms with Gasteiger partial charge < -0.3 is 10.3 Å². The average molecular weight is 280 g/mol. The lowest BCUT2D eigenvalue weighted by Gasteiger charge is -1.96. The summed E-state index contributed by atoms with van der Waals surface area (Å²) in [6.07, 6.45) is 2.62. The number of benzene rings is 1. The van der Waals surface area contributed by atoms with E-state index in [1.807, 2.05) is 0 Å². The van der Waals surface area contributed by atoms with Gasteiger partial charge in [0.2, 0.25) is 0 Å². The molecular weight excluding hydrogens is 266 g/mol. The van der Waals surface area contributed by atoms with Crippen LogP contribution in [-0.4, -0.2) is 16.0 Å². The second kappa shape index (κ2) is 3.86. The van der Waals surface area contributed by atoms with Crippen LogP contribution < -0.4 is 5.32 Å². The van der Waals surface area contributed by atoms with E-state index >= 15 is 0 Å². The van der Waals surface area contributed by atoms with Crippen molar-refractivity contribution in [3.63, 3.8) is 0 Å². The van der Waals surface area contributed by atoms with Crippen LogP contribution in [0.25, 0.3) is 11.0 Å². The van der Waals surface area contributed by atoms with Gasteiger partial charge in [0.25, 0.3) is 0 Å². The molecule has 0 amide bonds. The van der Waals surface area contributed by atoms with Crippen molar-refractivity contribution in [2.45, 2.75) is 32.4 Å². The van der Waals surface area contributed by atoms with Gasteiger partial charge in [0.05, 0.1) is 12.1 Å². The summed E-state index contributed by atoms with van der Waals surface area (Å²) in [5.74, 6) is 1.02. The molecule has 1 saturated carbocycles. The Balaban J connectivity index is 1.91. The van der Waals surface area contributed by atoms with Crippen molar-refractivity contribution >= 4 is 27.0 Å². The fourth-order valence-corrected chi connectivity index (χ4v) is 2.54. The monoisotopic (exact) mass is 279 g/mol. The van der Waals surface area contributed by atoms with Crippen LogP contribution in [0.2, 0.25) is 0 Å². The van der Waals surface area contributed by atoms with E-state index in [9.17, 15) is 0 Å². The smallest absolute Gasteiger partial charge is 0.121 e. The normalized spacial score (nSPS) is 15.9. The maximum atomic E-state index is 4.59. The first-order chi connectivity index (χ1) is 7.72. The molecule has 3 rings (SSSR count). The van der Waals surface area contributed by atoms with Gasteiger partial charge in [-0.05, 0) is 53.4 Å². The summed E-state index contributed by atoms with van der Waals surface area (Å²) in [7, 11) is 0. The molecule has 1 aliphatic rings. The lowest BCUT2D eigenvalue weighted by atomic mass is 10.2. The fraction of sp³-hybridized carbons (Fsp3) is 0.417. The van der Waals surface area contributed by atoms with Crippen LogP contribution in [-0.2, 0) is 6.54 Å². The van der Waals surface area contributed by atoms with Crippen LogP contribution in [0.5, 0.6) is 0 Å². The number of aromatic amines is 1. The number of aryl methyl sites for hydroxylation is 1. The van der Waals surface area contributed by atoms with Gasteiger partial charge in [-0.2, -0.15) is 0 Å². The molecule has 2 N–H and O–H groups in total. The van der Waals surface area contributed by atoms with Gasteiger partial charge in [-0.3, -0.25) is 0 Å². The zero-order valence-corrected chi connectivity index (χ0v) is 10.8. The second-order valence-electron chi connectivity index (χ2n) is 4.48. The maximum absolute atomic E-state index is 4.59. The summed E-state index contributed by atoms with van der Waals surface area (Å²) in [6, 6.07) is 4.95. The lowest BCUT2D eigenvalue weighted by molar-refractivity contribution is 0.665. The minimum Gasteiger partial charge on any atom is -0.341 e. The quantitative estimate of drug-likeness (QED) is 0.907. The van der Waals surface area contributed by atoms with Crippen LogP contribution in [0, 0.1) is 6.92 Å². The van der Waals surface area contributed by atoms with Gasteiger partial charge in [0.15, 0.2) is 0 Å². The predicted octanol–water partition coefficient (Wildman–Crippen LogP) is 2.89. The first-order valence-electron chi connectivity index (χ1n) is 5.60. The number of halogens is 1. The minimum atomic E-state index is 0.721. The Bertz CT molecular complexity index is 528. The van der Waals surface area contributed by atoms with Gasteiger partial charge >= 0.3 is 0 Å². The third kappa shape index (κ3) is 1.99. The number of hydrogen-bond donors (Lipinski definition) is 2. The highest BCUT2D eigenvalue weighted by molar-refractivity contribution is 9.10. The first-order valence-corrected chi connectivity index (χ1v) is 6.40. The Morgan fingerprint density at radius 3 is 3.06 bits per heavy atom. The van der Waals surface area contributed by atoms with E-state index in [0.717, 1.165) is 33.9 Å². The molecule has 84 valence electrons. The second-order valence-corrected chi connectivity index (χ2v) is 5.34. The summed E-state index contributed by atoms with van der Waals surface area (Å²) in [6.45, 7) is 2.93. The lowest BCUT2D eigenvalue weighted by Crippen LogP contribution is -2.16. The number of nitrogens with zero attached hydrogens (tertiary/aromatic N) is 1. The van der Waals surface area contributed by atoms with E-state index in [4.69, 9.17) is 0 Å². The Morgan fingerprint density at radius 2 is 2.31 bits per heavy atom. The molecule has 4 heteroatoms. The number of hydrogen-bond acceptors (Lipinski definition) is 2. The molecule has 0 bridgehead atoms. The molecule has 16 heavy (non-hydrogen) atoms. The van der Waals surface area contributed by atoms with Gasteiger partial charge in [-0.25, -0.2) is 4.98 Å². The largest absolute Gasteiger partial charge is 0.341 e. The summed E-state index contributed by atoms with van der Waals surface area (Å²) in [5.41, 5.74) is 3.38. The fourth-order valence-electron chi connectivity index (χ4n) is 1.87. The summed E-state index contributed by atoms with van der Waals surface area (Å²) >= 11 is 3.55. The van der Waals surface area contributed by atoms with Crippen molar-refractivity contribution in [3.05, 3.63) is 28.0 Å². The van der Waals surface area contributed by atoms with Gasteiger partial charge in [-0.15, -0.1) is 0 Å². The van der Waals surface area contributed by atoms with Gasteiger partial charge in [0.1, 0.15) is 11.3 Å². The SMILES string of the molecule is Cc1cc(Br)c2nc(CNC3CC3)[nH]c2c1. The van der Waals surface area contributed by atoms with E-state index in [-0.39, 0.29) is 0 Å². The topological polar surface area (TPSA) is 40.7 Å². The average Bonchev–Trinajstić information content (AvgIpc) is 2.96. The highest BCUT2D eigenvalue weighted by Gasteiger charge is 2.20. The number of aromatic nitrogens is 2. The maximum Gasteiger partial charge on any atom is 0.121 e. The minimum absolute atomic E-state index is 0.721. The van der Waals surface area contributed by atoms with Gasteiger partial charge in [0, 0.05) is 10.5 Å². The van der Waals surface area contributed by atoms with E-state index in [0.29, 0.717) is 0 Å². The molecule has 0 saturated heterocycles. The van der Waals surface area contributed by atoms with Crippen molar-refractivity contribution in [2.24, 2.45) is 0 Å². The number of imidazole rings is 1. The third-order valence-electron chi connectivity index (χ3n) is 2.87. The van der Waals surface area contributed by atoms with Crippen molar-refractivity contribution in [1.82, 2.24) is 15.3 Å². The Labute approximate surface area is 103 Å². The van der Waals surface area contributed by atoms with Crippen molar-refractivity contribution < 1.29 is 0 Å². The van der Waals surface area contributed by atoms with E-state index < -0.39 is 0 Å². The zero-order valence-electron chi connectivity index (χ0n) is 9.18. The number of H-pyrrole nitrogens is 1. The van der Waals surface area contributed by atoms with Crippen LogP contribution >= 0.6 is 15.9 Å². The molecule has 0 unspecified atom stereocenters. The molecular formula is C12H14BrN3. The third-order valence-corrected chi connectivity index (χ3v) is 3.47. The molecule has 0 radical (unpaired) electrons. The Kier molecular flexibility index (Phi) is 2.48. The van der Waals surface area contributed by atoms with Crippen LogP contribution in [0.3, 0.4) is 0 Å². The molecule has 1 aromatic heterocycles. The molecule has 0 aliphatic heterocycles. The molecule has 1 aromatic carbocycles. The van der Waals surface area contributed by atoms with Gasteiger partial charge in [-0.1, -0.05) is 0 Å². The molecule has 2 aromatic rings. The number of nitrogens with one attached hydrogen (secondary N) is 2. The van der Waals surface area contributed by atoms with Crippen LogP contribution in [0.15, 0.2) is 16.6 Å². The molecule has 1 aliphatic carbocycles. The predicted molar refractivity (Wildman–Crippen MR) is 68.4 cm³/mol. The highest BCUT2D eigenvalue weighted by atomic mass is 79.9. The molecule has 3 nitrogen and oxygen atoms in total. The van der Waals surface area contributed by atoms with Crippen LogP contribution in [0.1, 0.15) is 24.2 Å². The van der Waals surface area contributed by atoms with Crippen LogP contribution in [0.4, 0.5) is 0 Å². The van der Waals surface area contributed by atoms with Crippen molar-refractivity contribution in [3.8, 4) is 0 Å². The van der Waals surface area contributed by atoms with Crippen molar-refractivity contribution in [1.29, 1.82) is 0 Å². The Morgan fingerprint density at radius 1 is 1.50 bits per heavy atom. The molecule has 0 atom stereocenters. The number of fused-ring (bicyclic) bond motifs is 1. The first kappa shape index (κ1) is 10.3. The number of rotatable bonds is 3. The molecule has 1 heterocycles. The zero-order chi connectivity index (χ0) is 11.1. The van der Waals surface area contributed by atoms with E-state index in [2.05, 4.69) is 50.3 Å². The Hall–Kier alpha value is -0.870. The molecule has 1 fully saturated rings. The van der Waals surface area contributed by atoms with E-state index in [1.54, 1.807) is 0 Å². The summed E-state index contributed by atoms with van der Waals surface area (Å²) in [4.78, 5) is 7.94. The standard InChI is InChI=1S/C12H14BrN3/c1-7-4-9(13)12-10(5-7)15-11(16-12)6-14-8-2-3-8/h4-5,8,14H,2-3,6H2,1H3,(H,15,16). The molecule has 0 spiro atoms. The van der Waals surface area contributed by atoms with Crippen molar-refractivity contribution in [2.75, 3.05) is 0 Å². The summed E-state index contributed by atoms with van der Waals surface area (Å²) in [5, 5.41) is 3.46. The van der Waals surface area contributed by atoms with E-state index in [1.165, 1.54) is 18.4 Å².